The normalized spacial score (nSPS) is 10.5. The molecule has 0 radical (unpaired) electrons. The van der Waals surface area contributed by atoms with Crippen LogP contribution >= 0.6 is 0 Å². The largest absolute Gasteiger partial charge is 0.494 e. The number of nitrogens with one attached hydrogen (secondary N) is 1. The first-order chi connectivity index (χ1) is 12.2. The molecule has 0 fully saturated rings. The second-order valence-corrected chi connectivity index (χ2v) is 5.46. The molecule has 6 nitrogen and oxygen atoms in total. The highest BCUT2D eigenvalue weighted by molar-refractivity contribution is 5.96. The molecule has 0 aliphatic heterocycles. The zero-order valence-electron chi connectivity index (χ0n) is 14.2. The Hall–Kier alpha value is -3.15. The van der Waals surface area contributed by atoms with E-state index < -0.39 is 0 Å². The summed E-state index contributed by atoms with van der Waals surface area (Å²) in [6, 6.07) is 11.3. The second-order valence-electron chi connectivity index (χ2n) is 5.46. The van der Waals surface area contributed by atoms with E-state index in [9.17, 15) is 4.79 Å². The fourth-order valence-electron chi connectivity index (χ4n) is 2.50. The molecule has 0 aliphatic carbocycles. The molecule has 0 unspecified atom stereocenters. The predicted molar refractivity (Wildman–Crippen MR) is 95.1 cm³/mol. The molecule has 0 saturated heterocycles. The number of aromatic nitrogens is 2. The molecule has 0 spiro atoms. The number of fused-ring (bicyclic) bond motifs is 1. The molecule has 128 valence electrons. The van der Waals surface area contributed by atoms with E-state index in [0.717, 1.165) is 16.6 Å². The van der Waals surface area contributed by atoms with Crippen molar-refractivity contribution in [3.8, 4) is 11.5 Å². The molecule has 1 N–H and O–H groups in total. The lowest BCUT2D eigenvalue weighted by atomic mass is 10.2. The van der Waals surface area contributed by atoms with Crippen molar-refractivity contribution in [2.45, 2.75) is 6.92 Å². The fourth-order valence-corrected chi connectivity index (χ4v) is 2.50. The van der Waals surface area contributed by atoms with Gasteiger partial charge in [0.05, 0.1) is 25.4 Å². The SMILES string of the molecule is COc1cnc(C)cc1C(=O)NCCOc1cccc2cccnc12. The van der Waals surface area contributed by atoms with Crippen LogP contribution in [0.25, 0.3) is 10.9 Å². The summed E-state index contributed by atoms with van der Waals surface area (Å²) in [5.41, 5.74) is 2.02. The lowest BCUT2D eigenvalue weighted by molar-refractivity contribution is 0.0944. The lowest BCUT2D eigenvalue weighted by Gasteiger charge is -2.11. The Labute approximate surface area is 145 Å². The van der Waals surface area contributed by atoms with Gasteiger partial charge < -0.3 is 14.8 Å². The molecule has 1 amide bonds. The van der Waals surface area contributed by atoms with E-state index >= 15 is 0 Å². The first-order valence-corrected chi connectivity index (χ1v) is 7.94. The van der Waals surface area contributed by atoms with E-state index in [4.69, 9.17) is 9.47 Å². The van der Waals surface area contributed by atoms with Crippen LogP contribution in [0.1, 0.15) is 16.1 Å². The van der Waals surface area contributed by atoms with Crippen molar-refractivity contribution in [3.05, 3.63) is 60.0 Å². The summed E-state index contributed by atoms with van der Waals surface area (Å²) in [6.45, 7) is 2.53. The van der Waals surface area contributed by atoms with Crippen molar-refractivity contribution >= 4 is 16.8 Å². The van der Waals surface area contributed by atoms with E-state index in [0.29, 0.717) is 30.2 Å². The zero-order valence-corrected chi connectivity index (χ0v) is 14.2. The summed E-state index contributed by atoms with van der Waals surface area (Å²) in [5, 5.41) is 3.84. The third kappa shape index (κ3) is 3.85. The van der Waals surface area contributed by atoms with Crippen LogP contribution in [0, 0.1) is 6.92 Å². The monoisotopic (exact) mass is 337 g/mol. The Balaban J connectivity index is 1.60. The quantitative estimate of drug-likeness (QED) is 0.700. The van der Waals surface area contributed by atoms with Crippen molar-refractivity contribution in [3.63, 3.8) is 0 Å². The Bertz CT molecular complexity index is 891. The summed E-state index contributed by atoms with van der Waals surface area (Å²) in [4.78, 5) is 20.8. The molecule has 6 heteroatoms. The van der Waals surface area contributed by atoms with Crippen LogP contribution in [0.2, 0.25) is 0 Å². The van der Waals surface area contributed by atoms with Crippen LogP contribution in [-0.4, -0.2) is 36.1 Å². The Morgan fingerprint density at radius 2 is 2.00 bits per heavy atom. The highest BCUT2D eigenvalue weighted by Gasteiger charge is 2.12. The van der Waals surface area contributed by atoms with Gasteiger partial charge in [0, 0.05) is 17.3 Å². The molecule has 2 aromatic heterocycles. The van der Waals surface area contributed by atoms with Crippen LogP contribution < -0.4 is 14.8 Å². The number of carbonyl (C=O) groups excluding carboxylic acids is 1. The molecule has 1 aromatic carbocycles. The minimum absolute atomic E-state index is 0.220. The van der Waals surface area contributed by atoms with Gasteiger partial charge in [-0.3, -0.25) is 14.8 Å². The van der Waals surface area contributed by atoms with Gasteiger partial charge in [-0.25, -0.2) is 0 Å². The minimum atomic E-state index is -0.220. The van der Waals surface area contributed by atoms with Gasteiger partial charge in [-0.2, -0.15) is 0 Å². The molecule has 0 aliphatic rings. The van der Waals surface area contributed by atoms with E-state index in [-0.39, 0.29) is 5.91 Å². The summed E-state index contributed by atoms with van der Waals surface area (Å²) in [6.07, 6.45) is 3.28. The Morgan fingerprint density at radius 3 is 2.84 bits per heavy atom. The van der Waals surface area contributed by atoms with E-state index in [1.165, 1.54) is 7.11 Å². The summed E-state index contributed by atoms with van der Waals surface area (Å²) < 4.78 is 10.9. The maximum Gasteiger partial charge on any atom is 0.255 e. The molecule has 2 heterocycles. The third-order valence-electron chi connectivity index (χ3n) is 3.71. The number of benzene rings is 1. The fraction of sp³-hybridized carbons (Fsp3) is 0.211. The summed E-state index contributed by atoms with van der Waals surface area (Å²) in [5.74, 6) is 0.925. The van der Waals surface area contributed by atoms with Crippen molar-refractivity contribution < 1.29 is 14.3 Å². The third-order valence-corrected chi connectivity index (χ3v) is 3.71. The average molecular weight is 337 g/mol. The van der Waals surface area contributed by atoms with Crippen molar-refractivity contribution in [2.75, 3.05) is 20.3 Å². The molecule has 3 aromatic rings. The first kappa shape index (κ1) is 16.7. The number of amides is 1. The van der Waals surface area contributed by atoms with Crippen LogP contribution in [0.4, 0.5) is 0 Å². The van der Waals surface area contributed by atoms with Gasteiger partial charge in [-0.05, 0) is 25.1 Å². The van der Waals surface area contributed by atoms with Gasteiger partial charge in [0.15, 0.2) is 0 Å². The number of aryl methyl sites for hydroxylation is 1. The number of carbonyl (C=O) groups is 1. The van der Waals surface area contributed by atoms with Gasteiger partial charge in [0.1, 0.15) is 23.6 Å². The highest BCUT2D eigenvalue weighted by atomic mass is 16.5. The number of rotatable bonds is 6. The molecule has 0 saturated carbocycles. The number of hydrogen-bond acceptors (Lipinski definition) is 5. The van der Waals surface area contributed by atoms with Crippen LogP contribution in [-0.2, 0) is 0 Å². The van der Waals surface area contributed by atoms with Gasteiger partial charge in [-0.15, -0.1) is 0 Å². The van der Waals surface area contributed by atoms with Gasteiger partial charge >= 0.3 is 0 Å². The first-order valence-electron chi connectivity index (χ1n) is 7.94. The minimum Gasteiger partial charge on any atom is -0.494 e. The Morgan fingerprint density at radius 1 is 1.16 bits per heavy atom. The molecular formula is C19H19N3O3. The average Bonchev–Trinajstić information content (AvgIpc) is 2.65. The topological polar surface area (TPSA) is 73.3 Å². The zero-order chi connectivity index (χ0) is 17.6. The maximum atomic E-state index is 12.3. The Kier molecular flexibility index (Phi) is 5.09. The van der Waals surface area contributed by atoms with Gasteiger partial charge in [-0.1, -0.05) is 18.2 Å². The number of hydrogen-bond donors (Lipinski definition) is 1. The number of pyridine rings is 2. The van der Waals surface area contributed by atoms with Crippen molar-refractivity contribution in [1.29, 1.82) is 0 Å². The van der Waals surface area contributed by atoms with Gasteiger partial charge in [0.2, 0.25) is 0 Å². The molecule has 3 rings (SSSR count). The smallest absolute Gasteiger partial charge is 0.255 e. The van der Waals surface area contributed by atoms with E-state index in [1.54, 1.807) is 18.5 Å². The molecule has 25 heavy (non-hydrogen) atoms. The highest BCUT2D eigenvalue weighted by Crippen LogP contribution is 2.22. The molecule has 0 bridgehead atoms. The molecular weight excluding hydrogens is 318 g/mol. The number of nitrogens with zero attached hydrogens (tertiary/aromatic N) is 2. The van der Waals surface area contributed by atoms with Crippen LogP contribution in [0.15, 0.2) is 48.8 Å². The van der Waals surface area contributed by atoms with Crippen LogP contribution in [0.5, 0.6) is 11.5 Å². The summed E-state index contributed by atoms with van der Waals surface area (Å²) in [7, 11) is 1.51. The predicted octanol–water partition coefficient (Wildman–Crippen LogP) is 2.76. The van der Waals surface area contributed by atoms with E-state index in [1.807, 2.05) is 37.3 Å². The summed E-state index contributed by atoms with van der Waals surface area (Å²) >= 11 is 0. The number of ether oxygens (including phenoxy) is 2. The van der Waals surface area contributed by atoms with E-state index in [2.05, 4.69) is 15.3 Å². The standard InChI is InChI=1S/C19H19N3O3/c1-13-11-15(17(24-2)12-22-13)19(23)21-9-10-25-16-7-3-5-14-6-4-8-20-18(14)16/h3-8,11-12H,9-10H2,1-2H3,(H,21,23). The van der Waals surface area contributed by atoms with Crippen molar-refractivity contribution in [2.24, 2.45) is 0 Å². The lowest BCUT2D eigenvalue weighted by Crippen LogP contribution is -2.28. The maximum absolute atomic E-state index is 12.3. The number of para-hydroxylation sites is 1. The number of methoxy groups -OCH3 is 1. The molecule has 0 atom stereocenters. The van der Waals surface area contributed by atoms with Gasteiger partial charge in [0.25, 0.3) is 5.91 Å². The van der Waals surface area contributed by atoms with Crippen LogP contribution in [0.3, 0.4) is 0 Å². The van der Waals surface area contributed by atoms with Crippen molar-refractivity contribution in [1.82, 2.24) is 15.3 Å². The second kappa shape index (κ2) is 7.61.